The minimum Gasteiger partial charge on any atom is -0.0991 e. The number of hydrogen-bond acceptors (Lipinski definition) is 0. The third-order valence-corrected chi connectivity index (χ3v) is 5.16. The molecule has 0 aromatic heterocycles. The highest BCUT2D eigenvalue weighted by molar-refractivity contribution is 5.17. The molecule has 0 heteroatoms. The molecule has 0 spiro atoms. The first-order valence-electron chi connectivity index (χ1n) is 12.2. The van der Waals surface area contributed by atoms with Gasteiger partial charge in [-0.2, -0.15) is 0 Å². The molecule has 0 bridgehead atoms. The highest BCUT2D eigenvalue weighted by atomic mass is 14.0. The van der Waals surface area contributed by atoms with E-state index in [9.17, 15) is 0 Å². The fraction of sp³-hybridized carbons (Fsp3) is 0.643. The Balaban J connectivity index is 3.18. The highest BCUT2D eigenvalue weighted by Gasteiger charge is 1.94. The molecule has 0 aromatic rings. The standard InChI is InChI=1S/C28H48/c1-3-5-7-9-11-13-15-17-19-21-23-25-27-28-26-24-22-20-18-16-14-12-10-8-6-4-2/h3,5,7,9,11,13,15,17,19H,1,4,6,8,10,12,14,16,18,20-28H2,2H3/b7-5+,11-9+,15-13+,19-17+. The number of unbranched alkanes of at least 4 members (excludes halogenated alkanes) is 16. The summed E-state index contributed by atoms with van der Waals surface area (Å²) < 4.78 is 0. The Labute approximate surface area is 177 Å². The highest BCUT2D eigenvalue weighted by Crippen LogP contribution is 2.14. The second kappa shape index (κ2) is 25.7. The largest absolute Gasteiger partial charge is 0.0991 e. The van der Waals surface area contributed by atoms with Crippen LogP contribution in [0.15, 0.2) is 61.3 Å². The van der Waals surface area contributed by atoms with E-state index in [1.807, 2.05) is 24.3 Å². The van der Waals surface area contributed by atoms with Crippen LogP contribution in [0.4, 0.5) is 0 Å². The number of allylic oxidation sites excluding steroid dienone is 9. The summed E-state index contributed by atoms with van der Waals surface area (Å²) in [4.78, 5) is 0. The van der Waals surface area contributed by atoms with Crippen LogP contribution in [0.1, 0.15) is 116 Å². The third-order valence-electron chi connectivity index (χ3n) is 5.16. The van der Waals surface area contributed by atoms with E-state index in [-0.39, 0.29) is 0 Å². The summed E-state index contributed by atoms with van der Waals surface area (Å²) in [5.74, 6) is 0. The summed E-state index contributed by atoms with van der Waals surface area (Å²) in [6.45, 7) is 5.93. The Hall–Kier alpha value is -1.30. The van der Waals surface area contributed by atoms with Gasteiger partial charge in [-0.25, -0.2) is 0 Å². The SMILES string of the molecule is C=C/C=C/C=C/C=C/C=C/CCCCCCCCCCCCCCCCCC. The van der Waals surface area contributed by atoms with Gasteiger partial charge in [0, 0.05) is 0 Å². The molecule has 0 N–H and O–H groups in total. The molecule has 0 aliphatic carbocycles. The molecule has 0 aliphatic heterocycles. The number of rotatable bonds is 21. The van der Waals surface area contributed by atoms with E-state index in [1.165, 1.54) is 109 Å². The lowest BCUT2D eigenvalue weighted by Crippen LogP contribution is -1.83. The van der Waals surface area contributed by atoms with E-state index in [0.29, 0.717) is 0 Å². The zero-order valence-corrected chi connectivity index (χ0v) is 18.9. The van der Waals surface area contributed by atoms with Crippen molar-refractivity contribution in [2.45, 2.75) is 116 Å². The fourth-order valence-corrected chi connectivity index (χ4v) is 3.38. The van der Waals surface area contributed by atoms with Crippen molar-refractivity contribution in [3.8, 4) is 0 Å². The van der Waals surface area contributed by atoms with Gasteiger partial charge in [-0.05, 0) is 12.8 Å². The van der Waals surface area contributed by atoms with Crippen LogP contribution in [-0.4, -0.2) is 0 Å². The maximum Gasteiger partial charge on any atom is -0.0348 e. The average molecular weight is 385 g/mol. The van der Waals surface area contributed by atoms with E-state index in [2.05, 4.69) is 37.8 Å². The third kappa shape index (κ3) is 24.7. The Kier molecular flexibility index (Phi) is 24.5. The second-order valence-corrected chi connectivity index (χ2v) is 7.91. The van der Waals surface area contributed by atoms with Crippen molar-refractivity contribution in [1.82, 2.24) is 0 Å². The van der Waals surface area contributed by atoms with Crippen LogP contribution >= 0.6 is 0 Å². The van der Waals surface area contributed by atoms with Gasteiger partial charge in [-0.3, -0.25) is 0 Å². The van der Waals surface area contributed by atoms with Crippen molar-refractivity contribution >= 4 is 0 Å². The molecular weight excluding hydrogens is 336 g/mol. The van der Waals surface area contributed by atoms with Gasteiger partial charge in [0.2, 0.25) is 0 Å². The summed E-state index contributed by atoms with van der Waals surface area (Å²) in [6, 6.07) is 0. The van der Waals surface area contributed by atoms with Crippen LogP contribution < -0.4 is 0 Å². The predicted octanol–water partition coefficient (Wildman–Crippen LogP) is 10.0. The molecule has 0 amide bonds. The van der Waals surface area contributed by atoms with Crippen LogP contribution in [-0.2, 0) is 0 Å². The minimum absolute atomic E-state index is 1.21. The average Bonchev–Trinajstić information content (AvgIpc) is 2.71. The van der Waals surface area contributed by atoms with E-state index in [4.69, 9.17) is 0 Å². The van der Waals surface area contributed by atoms with Crippen molar-refractivity contribution in [3.63, 3.8) is 0 Å². The summed E-state index contributed by atoms with van der Waals surface area (Å²) >= 11 is 0. The monoisotopic (exact) mass is 384 g/mol. The Morgan fingerprint density at radius 2 is 0.786 bits per heavy atom. The van der Waals surface area contributed by atoms with Gasteiger partial charge in [0.05, 0.1) is 0 Å². The Morgan fingerprint density at radius 3 is 1.21 bits per heavy atom. The van der Waals surface area contributed by atoms with Crippen LogP contribution in [0.5, 0.6) is 0 Å². The quantitative estimate of drug-likeness (QED) is 0.136. The second-order valence-electron chi connectivity index (χ2n) is 7.91. The van der Waals surface area contributed by atoms with E-state index < -0.39 is 0 Å². The predicted molar refractivity (Wildman–Crippen MR) is 131 cm³/mol. The lowest BCUT2D eigenvalue weighted by molar-refractivity contribution is 0.530. The lowest BCUT2D eigenvalue weighted by atomic mass is 10.0. The fourth-order valence-electron chi connectivity index (χ4n) is 3.38. The van der Waals surface area contributed by atoms with Crippen LogP contribution in [0, 0.1) is 0 Å². The first-order chi connectivity index (χ1) is 13.9. The van der Waals surface area contributed by atoms with Crippen LogP contribution in [0.25, 0.3) is 0 Å². The Morgan fingerprint density at radius 1 is 0.429 bits per heavy atom. The normalized spacial score (nSPS) is 12.3. The number of hydrogen-bond donors (Lipinski definition) is 0. The van der Waals surface area contributed by atoms with Crippen molar-refractivity contribution < 1.29 is 0 Å². The van der Waals surface area contributed by atoms with Gasteiger partial charge in [0.15, 0.2) is 0 Å². The maximum atomic E-state index is 3.64. The molecule has 0 saturated carbocycles. The van der Waals surface area contributed by atoms with Crippen molar-refractivity contribution in [3.05, 3.63) is 61.3 Å². The molecule has 160 valence electrons. The first kappa shape index (κ1) is 26.7. The van der Waals surface area contributed by atoms with E-state index in [0.717, 1.165) is 0 Å². The van der Waals surface area contributed by atoms with Crippen LogP contribution in [0.3, 0.4) is 0 Å². The molecule has 0 atom stereocenters. The van der Waals surface area contributed by atoms with E-state index in [1.54, 1.807) is 6.08 Å². The molecule has 0 rings (SSSR count). The van der Waals surface area contributed by atoms with Gasteiger partial charge in [-0.15, -0.1) is 0 Å². The smallest absolute Gasteiger partial charge is 0.0348 e. The molecule has 0 fully saturated rings. The molecule has 0 saturated heterocycles. The van der Waals surface area contributed by atoms with Gasteiger partial charge < -0.3 is 0 Å². The minimum atomic E-state index is 1.21. The topological polar surface area (TPSA) is 0 Å². The molecule has 0 nitrogen and oxygen atoms in total. The lowest BCUT2D eigenvalue weighted by Gasteiger charge is -2.03. The Bertz CT molecular complexity index is 408. The van der Waals surface area contributed by atoms with Gasteiger partial charge in [0.25, 0.3) is 0 Å². The van der Waals surface area contributed by atoms with Crippen molar-refractivity contribution in [2.24, 2.45) is 0 Å². The molecular formula is C28H48. The van der Waals surface area contributed by atoms with Crippen molar-refractivity contribution in [2.75, 3.05) is 0 Å². The molecule has 0 aliphatic rings. The maximum absolute atomic E-state index is 3.64. The van der Waals surface area contributed by atoms with Gasteiger partial charge in [0.1, 0.15) is 0 Å². The zero-order chi connectivity index (χ0) is 20.4. The molecule has 0 heterocycles. The summed E-state index contributed by atoms with van der Waals surface area (Å²) in [7, 11) is 0. The van der Waals surface area contributed by atoms with Gasteiger partial charge in [-0.1, -0.05) is 164 Å². The summed E-state index contributed by atoms with van der Waals surface area (Å²) in [5, 5.41) is 0. The molecule has 28 heavy (non-hydrogen) atoms. The molecule has 0 radical (unpaired) electrons. The molecule has 0 aromatic carbocycles. The first-order valence-corrected chi connectivity index (χ1v) is 12.2. The van der Waals surface area contributed by atoms with Gasteiger partial charge >= 0.3 is 0 Å². The van der Waals surface area contributed by atoms with Crippen molar-refractivity contribution in [1.29, 1.82) is 0 Å². The van der Waals surface area contributed by atoms with Crippen LogP contribution in [0.2, 0.25) is 0 Å². The molecule has 0 unspecified atom stereocenters. The summed E-state index contributed by atoms with van der Waals surface area (Å²) in [6.07, 6.45) is 42.6. The summed E-state index contributed by atoms with van der Waals surface area (Å²) in [5.41, 5.74) is 0. The zero-order valence-electron chi connectivity index (χ0n) is 18.9. The van der Waals surface area contributed by atoms with E-state index >= 15 is 0 Å².